The molecule has 1 aliphatic carbocycles. The van der Waals surface area contributed by atoms with Crippen LogP contribution < -0.4 is 10.6 Å². The number of hydrogen-bond acceptors (Lipinski definition) is 2. The van der Waals surface area contributed by atoms with Crippen molar-refractivity contribution in [3.05, 3.63) is 0 Å². The van der Waals surface area contributed by atoms with Gasteiger partial charge in [-0.05, 0) is 31.1 Å². The SMILES string of the molecule is CCCC(CNC(=O)NC1CCC(C)(C)C1)C(=O)O. The standard InChI is InChI=1S/C14H26N2O3/c1-4-5-10(12(17)18)9-15-13(19)16-11-6-7-14(2,3)8-11/h10-11H,4-9H2,1-3H3,(H,17,18)(H2,15,16,19). The highest BCUT2D eigenvalue weighted by atomic mass is 16.4. The molecule has 3 N–H and O–H groups in total. The van der Waals surface area contributed by atoms with E-state index in [1.807, 2.05) is 6.92 Å². The molecule has 110 valence electrons. The molecular weight excluding hydrogens is 244 g/mol. The highest BCUT2D eigenvalue weighted by Gasteiger charge is 2.31. The van der Waals surface area contributed by atoms with E-state index in [9.17, 15) is 9.59 Å². The summed E-state index contributed by atoms with van der Waals surface area (Å²) in [5.41, 5.74) is 0.295. The van der Waals surface area contributed by atoms with E-state index < -0.39 is 11.9 Å². The van der Waals surface area contributed by atoms with E-state index in [1.54, 1.807) is 0 Å². The molecule has 0 aromatic heterocycles. The number of carboxylic acids is 1. The van der Waals surface area contributed by atoms with Crippen LogP contribution >= 0.6 is 0 Å². The molecule has 5 heteroatoms. The molecule has 0 aliphatic heterocycles. The van der Waals surface area contributed by atoms with Gasteiger partial charge in [-0.15, -0.1) is 0 Å². The summed E-state index contributed by atoms with van der Waals surface area (Å²) < 4.78 is 0. The third-order valence-corrected chi connectivity index (χ3v) is 3.80. The lowest BCUT2D eigenvalue weighted by Gasteiger charge is -2.19. The van der Waals surface area contributed by atoms with Crippen LogP contribution in [0.2, 0.25) is 0 Å². The van der Waals surface area contributed by atoms with Crippen LogP contribution in [0, 0.1) is 11.3 Å². The van der Waals surface area contributed by atoms with E-state index in [4.69, 9.17) is 5.11 Å². The summed E-state index contributed by atoms with van der Waals surface area (Å²) in [5.74, 6) is -1.33. The Kier molecular flexibility index (Phi) is 5.63. The normalized spacial score (nSPS) is 22.8. The van der Waals surface area contributed by atoms with Crippen LogP contribution in [0.5, 0.6) is 0 Å². The van der Waals surface area contributed by atoms with Crippen LogP contribution in [0.1, 0.15) is 52.9 Å². The fourth-order valence-electron chi connectivity index (χ4n) is 2.67. The van der Waals surface area contributed by atoms with Crippen molar-refractivity contribution >= 4 is 12.0 Å². The molecule has 1 aliphatic rings. The van der Waals surface area contributed by atoms with E-state index in [1.165, 1.54) is 0 Å². The Bertz CT molecular complexity index is 329. The van der Waals surface area contributed by atoms with Gasteiger partial charge in [-0.1, -0.05) is 27.2 Å². The largest absolute Gasteiger partial charge is 0.481 e. The quantitative estimate of drug-likeness (QED) is 0.693. The van der Waals surface area contributed by atoms with Gasteiger partial charge in [0.25, 0.3) is 0 Å². The monoisotopic (exact) mass is 270 g/mol. The lowest BCUT2D eigenvalue weighted by atomic mass is 9.92. The molecule has 1 saturated carbocycles. The summed E-state index contributed by atoms with van der Waals surface area (Å²) in [6.45, 7) is 6.55. The van der Waals surface area contributed by atoms with Crippen LogP contribution in [-0.2, 0) is 4.79 Å². The molecular formula is C14H26N2O3. The van der Waals surface area contributed by atoms with Gasteiger partial charge in [0.05, 0.1) is 5.92 Å². The van der Waals surface area contributed by atoms with Crippen molar-refractivity contribution in [1.29, 1.82) is 0 Å². The van der Waals surface area contributed by atoms with Crippen molar-refractivity contribution in [1.82, 2.24) is 10.6 Å². The Morgan fingerprint density at radius 1 is 1.42 bits per heavy atom. The van der Waals surface area contributed by atoms with Gasteiger partial charge in [0.2, 0.25) is 0 Å². The van der Waals surface area contributed by atoms with Gasteiger partial charge in [-0.3, -0.25) is 4.79 Å². The molecule has 1 fully saturated rings. The van der Waals surface area contributed by atoms with Gasteiger partial charge >= 0.3 is 12.0 Å². The van der Waals surface area contributed by atoms with Crippen LogP contribution in [0.4, 0.5) is 4.79 Å². The van der Waals surface area contributed by atoms with Gasteiger partial charge in [0.15, 0.2) is 0 Å². The molecule has 0 saturated heterocycles. The second-order valence-corrected chi connectivity index (χ2v) is 6.28. The van der Waals surface area contributed by atoms with Crippen LogP contribution in [0.3, 0.4) is 0 Å². The molecule has 19 heavy (non-hydrogen) atoms. The number of carbonyl (C=O) groups is 2. The lowest BCUT2D eigenvalue weighted by Crippen LogP contribution is -2.43. The van der Waals surface area contributed by atoms with E-state index in [-0.39, 0.29) is 18.6 Å². The predicted octanol–water partition coefficient (Wildman–Crippen LogP) is 2.37. The summed E-state index contributed by atoms with van der Waals surface area (Å²) in [5, 5.41) is 14.6. The number of urea groups is 1. The van der Waals surface area contributed by atoms with Gasteiger partial charge < -0.3 is 15.7 Å². The van der Waals surface area contributed by atoms with Crippen LogP contribution in [-0.4, -0.2) is 29.7 Å². The summed E-state index contributed by atoms with van der Waals surface area (Å²) in [6.07, 6.45) is 4.49. The van der Waals surface area contributed by atoms with Crippen molar-refractivity contribution in [2.45, 2.75) is 58.9 Å². The Hall–Kier alpha value is -1.26. The van der Waals surface area contributed by atoms with Gasteiger partial charge in [0, 0.05) is 12.6 Å². The molecule has 5 nitrogen and oxygen atoms in total. The smallest absolute Gasteiger partial charge is 0.315 e. The highest BCUT2D eigenvalue weighted by molar-refractivity contribution is 5.76. The number of hydrogen-bond donors (Lipinski definition) is 3. The lowest BCUT2D eigenvalue weighted by molar-refractivity contribution is -0.141. The van der Waals surface area contributed by atoms with Crippen LogP contribution in [0.15, 0.2) is 0 Å². The first kappa shape index (κ1) is 15.8. The summed E-state index contributed by atoms with van der Waals surface area (Å²) in [6, 6.07) is -0.0329. The fourth-order valence-corrected chi connectivity index (χ4v) is 2.67. The average molecular weight is 270 g/mol. The van der Waals surface area contributed by atoms with Crippen molar-refractivity contribution < 1.29 is 14.7 Å². The maximum Gasteiger partial charge on any atom is 0.315 e. The third kappa shape index (κ3) is 5.49. The van der Waals surface area contributed by atoms with Gasteiger partial charge in [0.1, 0.15) is 0 Å². The zero-order valence-corrected chi connectivity index (χ0v) is 12.2. The first-order valence-corrected chi connectivity index (χ1v) is 7.11. The zero-order chi connectivity index (χ0) is 14.5. The van der Waals surface area contributed by atoms with E-state index in [2.05, 4.69) is 24.5 Å². The van der Waals surface area contributed by atoms with Gasteiger partial charge in [-0.25, -0.2) is 4.79 Å². The number of nitrogens with one attached hydrogen (secondary N) is 2. The second kappa shape index (κ2) is 6.78. The van der Waals surface area contributed by atoms with E-state index in [0.717, 1.165) is 25.7 Å². The topological polar surface area (TPSA) is 78.4 Å². The summed E-state index contributed by atoms with van der Waals surface area (Å²) in [4.78, 5) is 22.7. The minimum atomic E-state index is -0.843. The minimum absolute atomic E-state index is 0.200. The number of aliphatic carboxylic acids is 1. The number of amides is 2. The fraction of sp³-hybridized carbons (Fsp3) is 0.857. The van der Waals surface area contributed by atoms with Crippen molar-refractivity contribution in [2.75, 3.05) is 6.54 Å². The first-order valence-electron chi connectivity index (χ1n) is 7.11. The second-order valence-electron chi connectivity index (χ2n) is 6.28. The molecule has 0 spiro atoms. The third-order valence-electron chi connectivity index (χ3n) is 3.80. The molecule has 2 amide bonds. The average Bonchev–Trinajstić information content (AvgIpc) is 2.63. The molecule has 0 bridgehead atoms. The first-order chi connectivity index (χ1) is 8.84. The molecule has 0 aromatic carbocycles. The maximum atomic E-state index is 11.7. The minimum Gasteiger partial charge on any atom is -0.481 e. The molecule has 0 radical (unpaired) electrons. The Balaban J connectivity index is 2.29. The summed E-state index contributed by atoms with van der Waals surface area (Å²) >= 11 is 0. The van der Waals surface area contributed by atoms with E-state index in [0.29, 0.717) is 11.8 Å². The number of carboxylic acid groups (broad SMARTS) is 1. The van der Waals surface area contributed by atoms with Crippen molar-refractivity contribution in [2.24, 2.45) is 11.3 Å². The maximum absolute atomic E-state index is 11.7. The Morgan fingerprint density at radius 3 is 2.58 bits per heavy atom. The molecule has 2 atom stereocenters. The predicted molar refractivity (Wildman–Crippen MR) is 74.0 cm³/mol. The highest BCUT2D eigenvalue weighted by Crippen LogP contribution is 2.36. The zero-order valence-electron chi connectivity index (χ0n) is 12.2. The molecule has 1 rings (SSSR count). The Morgan fingerprint density at radius 2 is 2.11 bits per heavy atom. The van der Waals surface area contributed by atoms with E-state index >= 15 is 0 Å². The van der Waals surface area contributed by atoms with Crippen molar-refractivity contribution in [3.63, 3.8) is 0 Å². The summed E-state index contributed by atoms with van der Waals surface area (Å²) in [7, 11) is 0. The number of rotatable bonds is 6. The molecule has 0 aromatic rings. The number of carbonyl (C=O) groups excluding carboxylic acids is 1. The molecule has 2 unspecified atom stereocenters. The van der Waals surface area contributed by atoms with Crippen LogP contribution in [0.25, 0.3) is 0 Å². The Labute approximate surface area is 115 Å². The molecule has 0 heterocycles. The van der Waals surface area contributed by atoms with Crippen molar-refractivity contribution in [3.8, 4) is 0 Å². The van der Waals surface area contributed by atoms with Gasteiger partial charge in [-0.2, -0.15) is 0 Å².